The van der Waals surface area contributed by atoms with Crippen LogP contribution >= 0.6 is 0 Å². The number of aromatic nitrogens is 1. The predicted octanol–water partition coefficient (Wildman–Crippen LogP) is 2.19. The van der Waals surface area contributed by atoms with Crippen molar-refractivity contribution in [1.82, 2.24) is 4.98 Å². The quantitative estimate of drug-likeness (QED) is 0.775. The largest absolute Gasteiger partial charge is 0.504 e. The number of para-hydroxylation sites is 1. The molecule has 0 radical (unpaired) electrons. The number of nitrogens with zero attached hydrogens (tertiary/aromatic N) is 1. The van der Waals surface area contributed by atoms with Crippen molar-refractivity contribution in [3.05, 3.63) is 42.1 Å². The second-order valence-corrected chi connectivity index (χ2v) is 6.90. The molecular weight excluding hydrogens is 246 g/mol. The SMILES string of the molecule is CO[Si](Cc1ccnc2ccccc12)(OC)OC. The molecule has 0 spiro atoms. The number of hydrogen-bond donors (Lipinski definition) is 0. The van der Waals surface area contributed by atoms with Crippen LogP contribution in [0.3, 0.4) is 0 Å². The van der Waals surface area contributed by atoms with Crippen molar-refractivity contribution in [2.24, 2.45) is 0 Å². The monoisotopic (exact) mass is 263 g/mol. The summed E-state index contributed by atoms with van der Waals surface area (Å²) in [6, 6.07) is 10.7. The third-order valence-electron chi connectivity index (χ3n) is 3.08. The van der Waals surface area contributed by atoms with Gasteiger partial charge in [-0.25, -0.2) is 0 Å². The van der Waals surface area contributed by atoms with E-state index < -0.39 is 8.80 Å². The molecule has 0 bridgehead atoms. The van der Waals surface area contributed by atoms with Gasteiger partial charge in [-0.15, -0.1) is 0 Å². The van der Waals surface area contributed by atoms with Crippen LogP contribution in [0.25, 0.3) is 10.9 Å². The minimum atomic E-state index is -2.60. The molecule has 0 aliphatic carbocycles. The van der Waals surface area contributed by atoms with Crippen molar-refractivity contribution in [2.45, 2.75) is 6.04 Å². The summed E-state index contributed by atoms with van der Waals surface area (Å²) in [5, 5.41) is 1.11. The van der Waals surface area contributed by atoms with Gasteiger partial charge in [-0.3, -0.25) is 4.98 Å². The molecule has 1 aromatic heterocycles. The summed E-state index contributed by atoms with van der Waals surface area (Å²) in [5.41, 5.74) is 2.11. The van der Waals surface area contributed by atoms with Crippen LogP contribution < -0.4 is 0 Å². The second kappa shape index (κ2) is 5.58. The van der Waals surface area contributed by atoms with E-state index >= 15 is 0 Å². The second-order valence-electron chi connectivity index (χ2n) is 3.96. The number of fused-ring (bicyclic) bond motifs is 1. The van der Waals surface area contributed by atoms with Gasteiger partial charge in [0.1, 0.15) is 0 Å². The molecule has 0 aliphatic heterocycles. The topological polar surface area (TPSA) is 40.6 Å². The summed E-state index contributed by atoms with van der Waals surface area (Å²) in [4.78, 5) is 4.34. The normalized spacial score (nSPS) is 11.9. The number of hydrogen-bond acceptors (Lipinski definition) is 4. The first kappa shape index (κ1) is 13.2. The van der Waals surface area contributed by atoms with E-state index in [1.807, 2.05) is 24.3 Å². The number of pyridine rings is 1. The molecule has 0 fully saturated rings. The molecule has 1 heterocycles. The first-order valence-electron chi connectivity index (χ1n) is 5.73. The smallest absolute Gasteiger partial charge is 0.377 e. The Hall–Kier alpha value is -1.27. The summed E-state index contributed by atoms with van der Waals surface area (Å²) in [7, 11) is 2.28. The number of benzene rings is 1. The van der Waals surface area contributed by atoms with Crippen molar-refractivity contribution < 1.29 is 13.3 Å². The van der Waals surface area contributed by atoms with Crippen LogP contribution in [0.1, 0.15) is 5.56 Å². The van der Waals surface area contributed by atoms with Crippen LogP contribution in [-0.4, -0.2) is 35.1 Å². The van der Waals surface area contributed by atoms with Crippen LogP contribution in [0.5, 0.6) is 0 Å². The van der Waals surface area contributed by atoms with Crippen LogP contribution in [0.4, 0.5) is 0 Å². The summed E-state index contributed by atoms with van der Waals surface area (Å²) < 4.78 is 16.4. The zero-order chi connectivity index (χ0) is 13.0. The van der Waals surface area contributed by atoms with Crippen molar-refractivity contribution >= 4 is 19.7 Å². The third kappa shape index (κ3) is 2.44. The van der Waals surface area contributed by atoms with Gasteiger partial charge >= 0.3 is 8.80 Å². The van der Waals surface area contributed by atoms with Gasteiger partial charge < -0.3 is 13.3 Å². The molecule has 0 saturated heterocycles. The average Bonchev–Trinajstić information content (AvgIpc) is 2.45. The summed E-state index contributed by atoms with van der Waals surface area (Å²) in [5.74, 6) is 0. The maximum absolute atomic E-state index is 5.46. The summed E-state index contributed by atoms with van der Waals surface area (Å²) in [6.07, 6.45) is 1.80. The Kier molecular flexibility index (Phi) is 4.08. The van der Waals surface area contributed by atoms with Gasteiger partial charge in [0.25, 0.3) is 0 Å². The van der Waals surface area contributed by atoms with E-state index in [4.69, 9.17) is 13.3 Å². The van der Waals surface area contributed by atoms with Crippen molar-refractivity contribution in [1.29, 1.82) is 0 Å². The maximum atomic E-state index is 5.46. The molecule has 5 heteroatoms. The zero-order valence-corrected chi connectivity index (χ0v) is 11.8. The van der Waals surface area contributed by atoms with E-state index in [1.165, 1.54) is 0 Å². The molecule has 1 aromatic carbocycles. The summed E-state index contributed by atoms with van der Waals surface area (Å²) in [6.45, 7) is 0. The van der Waals surface area contributed by atoms with E-state index in [9.17, 15) is 0 Å². The lowest BCUT2D eigenvalue weighted by atomic mass is 10.1. The van der Waals surface area contributed by atoms with Crippen molar-refractivity contribution in [3.8, 4) is 0 Å². The Morgan fingerprint density at radius 3 is 2.33 bits per heavy atom. The van der Waals surface area contributed by atoms with Gasteiger partial charge in [0.15, 0.2) is 0 Å². The van der Waals surface area contributed by atoms with Crippen molar-refractivity contribution in [2.75, 3.05) is 21.3 Å². The number of rotatable bonds is 5. The predicted molar refractivity (Wildman–Crippen MR) is 72.2 cm³/mol. The first-order chi connectivity index (χ1) is 8.74. The average molecular weight is 263 g/mol. The highest BCUT2D eigenvalue weighted by Crippen LogP contribution is 2.21. The Balaban J connectivity index is 2.42. The van der Waals surface area contributed by atoms with Crippen LogP contribution in [0.15, 0.2) is 36.5 Å². The molecule has 0 aliphatic rings. The fourth-order valence-corrected chi connectivity index (χ4v) is 3.72. The molecule has 0 saturated carbocycles. The molecule has 0 unspecified atom stereocenters. The molecule has 2 rings (SSSR count). The van der Waals surface area contributed by atoms with Gasteiger partial charge in [0, 0.05) is 39.0 Å². The van der Waals surface area contributed by atoms with Gasteiger partial charge in [-0.05, 0) is 17.7 Å². The highest BCUT2D eigenvalue weighted by Gasteiger charge is 2.38. The lowest BCUT2D eigenvalue weighted by Gasteiger charge is -2.24. The van der Waals surface area contributed by atoms with Crippen LogP contribution in [0.2, 0.25) is 0 Å². The molecule has 96 valence electrons. The zero-order valence-electron chi connectivity index (χ0n) is 10.8. The minimum absolute atomic E-state index is 0.638. The molecule has 2 aromatic rings. The molecule has 4 nitrogen and oxygen atoms in total. The maximum Gasteiger partial charge on any atom is 0.504 e. The Morgan fingerprint density at radius 1 is 1.00 bits per heavy atom. The molecule has 18 heavy (non-hydrogen) atoms. The van der Waals surface area contributed by atoms with E-state index in [0.29, 0.717) is 6.04 Å². The van der Waals surface area contributed by atoms with E-state index in [0.717, 1.165) is 16.5 Å². The van der Waals surface area contributed by atoms with E-state index in [-0.39, 0.29) is 0 Å². The van der Waals surface area contributed by atoms with Crippen molar-refractivity contribution in [3.63, 3.8) is 0 Å². The Labute approximate surface area is 108 Å². The molecular formula is C13H17NO3Si. The fraction of sp³-hybridized carbons (Fsp3) is 0.308. The standard InChI is InChI=1S/C13H17NO3Si/c1-15-18(16-2,17-3)10-11-8-9-14-13-7-5-4-6-12(11)13/h4-9H,10H2,1-3H3. The minimum Gasteiger partial charge on any atom is -0.377 e. The lowest BCUT2D eigenvalue weighted by molar-refractivity contribution is 0.123. The highest BCUT2D eigenvalue weighted by atomic mass is 28.4. The van der Waals surface area contributed by atoms with Crippen LogP contribution in [-0.2, 0) is 19.3 Å². The van der Waals surface area contributed by atoms with Gasteiger partial charge in [0.05, 0.1) is 5.52 Å². The summed E-state index contributed by atoms with van der Waals surface area (Å²) >= 11 is 0. The van der Waals surface area contributed by atoms with E-state index in [2.05, 4.69) is 11.1 Å². The highest BCUT2D eigenvalue weighted by molar-refractivity contribution is 6.60. The Bertz CT molecular complexity index is 515. The van der Waals surface area contributed by atoms with E-state index in [1.54, 1.807) is 27.5 Å². The van der Waals surface area contributed by atoms with Gasteiger partial charge in [-0.2, -0.15) is 0 Å². The van der Waals surface area contributed by atoms with Crippen LogP contribution in [0, 0.1) is 0 Å². The third-order valence-corrected chi connectivity index (χ3v) is 5.76. The lowest BCUT2D eigenvalue weighted by Crippen LogP contribution is -2.45. The Morgan fingerprint density at radius 2 is 1.67 bits per heavy atom. The van der Waals surface area contributed by atoms with Gasteiger partial charge in [-0.1, -0.05) is 18.2 Å². The van der Waals surface area contributed by atoms with Gasteiger partial charge in [0.2, 0.25) is 0 Å². The fourth-order valence-electron chi connectivity index (χ4n) is 2.01. The molecule has 0 amide bonds. The molecule has 0 N–H and O–H groups in total. The first-order valence-corrected chi connectivity index (χ1v) is 7.66. The molecule has 0 atom stereocenters.